The lowest BCUT2D eigenvalue weighted by Gasteiger charge is -2.06. The maximum atomic E-state index is 11.5. The van der Waals surface area contributed by atoms with Gasteiger partial charge in [0.25, 0.3) is 5.69 Å². The number of nitro benzene ring substituents is 1. The molecule has 0 aliphatic carbocycles. The highest BCUT2D eigenvalue weighted by molar-refractivity contribution is 14.1. The maximum Gasteiger partial charge on any atom is 0.337 e. The van der Waals surface area contributed by atoms with Gasteiger partial charge in [-0.1, -0.05) is 12.1 Å². The molecule has 0 unspecified atom stereocenters. The lowest BCUT2D eigenvalue weighted by atomic mass is 10.2. The van der Waals surface area contributed by atoms with Crippen LogP contribution in [0.15, 0.2) is 47.4 Å². The molecule has 2 aromatic carbocycles. The van der Waals surface area contributed by atoms with Gasteiger partial charge >= 0.3 is 5.97 Å². The number of thioether (sulfide) groups is 1. The predicted octanol–water partition coefficient (Wildman–Crippen LogP) is 4.28. The zero-order chi connectivity index (χ0) is 16.1. The lowest BCUT2D eigenvalue weighted by Crippen LogP contribution is -2.01. The highest BCUT2D eigenvalue weighted by Gasteiger charge is 2.09. The molecule has 0 saturated carbocycles. The van der Waals surface area contributed by atoms with Gasteiger partial charge in [0.2, 0.25) is 0 Å². The van der Waals surface area contributed by atoms with Crippen molar-refractivity contribution in [3.63, 3.8) is 0 Å². The van der Waals surface area contributed by atoms with Gasteiger partial charge in [-0.2, -0.15) is 0 Å². The van der Waals surface area contributed by atoms with E-state index in [0.717, 1.165) is 14.0 Å². The molecule has 0 aromatic heterocycles. The number of nitrogens with zero attached hydrogens (tertiary/aromatic N) is 1. The minimum atomic E-state index is -0.411. The Balaban J connectivity index is 2.05. The first kappa shape index (κ1) is 16.8. The van der Waals surface area contributed by atoms with E-state index in [1.54, 1.807) is 36.0 Å². The predicted molar refractivity (Wildman–Crippen MR) is 93.2 cm³/mol. The molecule has 0 bridgehead atoms. The zero-order valence-electron chi connectivity index (χ0n) is 11.6. The molecule has 22 heavy (non-hydrogen) atoms. The number of benzene rings is 2. The third-order valence-corrected chi connectivity index (χ3v) is 5.30. The lowest BCUT2D eigenvalue weighted by molar-refractivity contribution is -0.384. The van der Waals surface area contributed by atoms with Crippen molar-refractivity contribution >= 4 is 46.0 Å². The Labute approximate surface area is 145 Å². The molecule has 0 aliphatic rings. The Morgan fingerprint density at radius 1 is 1.27 bits per heavy atom. The minimum Gasteiger partial charge on any atom is -0.465 e. The number of non-ortho nitro benzene ring substituents is 1. The summed E-state index contributed by atoms with van der Waals surface area (Å²) < 4.78 is 5.65. The van der Waals surface area contributed by atoms with E-state index in [-0.39, 0.29) is 11.7 Å². The molecule has 7 heteroatoms. The summed E-state index contributed by atoms with van der Waals surface area (Å²) in [7, 11) is 1.35. The quantitative estimate of drug-likeness (QED) is 0.233. The summed E-state index contributed by atoms with van der Waals surface area (Å²) in [6.45, 7) is 0. The number of rotatable bonds is 5. The van der Waals surface area contributed by atoms with E-state index in [9.17, 15) is 14.9 Å². The Morgan fingerprint density at radius 2 is 1.95 bits per heavy atom. The molecule has 0 spiro atoms. The van der Waals surface area contributed by atoms with E-state index < -0.39 is 4.92 Å². The molecule has 0 fully saturated rings. The highest BCUT2D eigenvalue weighted by Crippen LogP contribution is 2.29. The van der Waals surface area contributed by atoms with Crippen molar-refractivity contribution in [1.82, 2.24) is 0 Å². The standard InChI is InChI=1S/C15H12INO4S/c1-21-15(18)11-4-7-14(13(16)8-11)22-9-10-2-5-12(6-3-10)17(19)20/h2-8H,9H2,1H3. The van der Waals surface area contributed by atoms with Crippen molar-refractivity contribution in [2.24, 2.45) is 0 Å². The van der Waals surface area contributed by atoms with Crippen LogP contribution in [0.4, 0.5) is 5.69 Å². The molecule has 0 amide bonds. The second kappa shape index (κ2) is 7.59. The van der Waals surface area contributed by atoms with E-state index >= 15 is 0 Å². The first-order valence-electron chi connectivity index (χ1n) is 6.25. The van der Waals surface area contributed by atoms with Crippen molar-refractivity contribution in [3.05, 3.63) is 67.3 Å². The van der Waals surface area contributed by atoms with Gasteiger partial charge in [0, 0.05) is 26.4 Å². The fraction of sp³-hybridized carbons (Fsp3) is 0.133. The molecule has 0 N–H and O–H groups in total. The largest absolute Gasteiger partial charge is 0.465 e. The van der Waals surface area contributed by atoms with Gasteiger partial charge in [0.15, 0.2) is 0 Å². The van der Waals surface area contributed by atoms with Gasteiger partial charge in [0.1, 0.15) is 0 Å². The first-order valence-corrected chi connectivity index (χ1v) is 8.31. The fourth-order valence-electron chi connectivity index (χ4n) is 1.74. The Hall–Kier alpha value is -1.61. The first-order chi connectivity index (χ1) is 10.5. The molecule has 0 aliphatic heterocycles. The summed E-state index contributed by atoms with van der Waals surface area (Å²) in [5.41, 5.74) is 1.61. The molecular formula is C15H12INO4S. The maximum absolute atomic E-state index is 11.5. The van der Waals surface area contributed by atoms with Crippen LogP contribution in [0.5, 0.6) is 0 Å². The molecule has 0 saturated heterocycles. The molecule has 2 rings (SSSR count). The van der Waals surface area contributed by atoms with Crippen LogP contribution in [0, 0.1) is 13.7 Å². The number of hydrogen-bond acceptors (Lipinski definition) is 5. The Kier molecular flexibility index (Phi) is 5.78. The van der Waals surface area contributed by atoms with E-state index in [1.807, 2.05) is 6.07 Å². The fourth-order valence-corrected chi connectivity index (χ4v) is 3.60. The van der Waals surface area contributed by atoms with E-state index in [4.69, 9.17) is 0 Å². The summed E-state index contributed by atoms with van der Waals surface area (Å²) in [6.07, 6.45) is 0. The zero-order valence-corrected chi connectivity index (χ0v) is 14.6. The summed E-state index contributed by atoms with van der Waals surface area (Å²) in [5, 5.41) is 10.6. The number of carbonyl (C=O) groups excluding carboxylic acids is 1. The van der Waals surface area contributed by atoms with Crippen LogP contribution in [0.1, 0.15) is 15.9 Å². The third-order valence-electron chi connectivity index (χ3n) is 2.89. The minimum absolute atomic E-state index is 0.0887. The number of methoxy groups -OCH3 is 1. The SMILES string of the molecule is COC(=O)c1ccc(SCc2ccc([N+](=O)[O-])cc2)c(I)c1. The summed E-state index contributed by atoms with van der Waals surface area (Å²) >= 11 is 3.79. The van der Waals surface area contributed by atoms with Gasteiger partial charge in [-0.05, 0) is 46.4 Å². The van der Waals surface area contributed by atoms with Crippen molar-refractivity contribution in [2.45, 2.75) is 10.6 Å². The van der Waals surface area contributed by atoms with Crippen LogP contribution in [0.3, 0.4) is 0 Å². The topological polar surface area (TPSA) is 69.4 Å². The molecule has 5 nitrogen and oxygen atoms in total. The molecule has 2 aromatic rings. The van der Waals surface area contributed by atoms with Gasteiger partial charge in [-0.3, -0.25) is 10.1 Å². The number of esters is 1. The summed E-state index contributed by atoms with van der Waals surface area (Å²) in [6, 6.07) is 11.9. The van der Waals surface area contributed by atoms with E-state index in [0.29, 0.717) is 11.3 Å². The van der Waals surface area contributed by atoms with E-state index in [2.05, 4.69) is 27.3 Å². The number of ether oxygens (including phenoxy) is 1. The molecule has 0 atom stereocenters. The van der Waals surface area contributed by atoms with Crippen LogP contribution in [-0.4, -0.2) is 18.0 Å². The average Bonchev–Trinajstić information content (AvgIpc) is 2.53. The number of halogens is 1. The number of carbonyl (C=O) groups is 1. The van der Waals surface area contributed by atoms with Crippen molar-refractivity contribution in [1.29, 1.82) is 0 Å². The molecule has 0 heterocycles. The Bertz CT molecular complexity index is 703. The molecular weight excluding hydrogens is 417 g/mol. The van der Waals surface area contributed by atoms with Crippen molar-refractivity contribution in [2.75, 3.05) is 7.11 Å². The second-order valence-electron chi connectivity index (χ2n) is 4.35. The van der Waals surface area contributed by atoms with Gasteiger partial charge in [0.05, 0.1) is 17.6 Å². The van der Waals surface area contributed by atoms with Gasteiger partial charge in [-0.15, -0.1) is 11.8 Å². The average molecular weight is 429 g/mol. The third kappa shape index (κ3) is 4.20. The van der Waals surface area contributed by atoms with Crippen LogP contribution >= 0.6 is 34.4 Å². The van der Waals surface area contributed by atoms with Crippen LogP contribution in [-0.2, 0) is 10.5 Å². The second-order valence-corrected chi connectivity index (χ2v) is 6.53. The normalized spacial score (nSPS) is 10.3. The Morgan fingerprint density at radius 3 is 2.50 bits per heavy atom. The van der Waals surface area contributed by atoms with Gasteiger partial charge in [-0.25, -0.2) is 4.79 Å². The van der Waals surface area contributed by atoms with E-state index in [1.165, 1.54) is 19.2 Å². The summed E-state index contributed by atoms with van der Waals surface area (Å²) in [5.74, 6) is 0.343. The smallest absolute Gasteiger partial charge is 0.337 e. The monoisotopic (exact) mass is 429 g/mol. The van der Waals surface area contributed by atoms with Crippen molar-refractivity contribution < 1.29 is 14.5 Å². The highest BCUT2D eigenvalue weighted by atomic mass is 127. The van der Waals surface area contributed by atoms with Crippen LogP contribution in [0.2, 0.25) is 0 Å². The number of hydrogen-bond donors (Lipinski definition) is 0. The molecule has 114 valence electrons. The number of nitro groups is 1. The van der Waals surface area contributed by atoms with Crippen LogP contribution in [0.25, 0.3) is 0 Å². The molecule has 0 radical (unpaired) electrons. The summed E-state index contributed by atoms with van der Waals surface area (Å²) in [4.78, 5) is 22.7. The van der Waals surface area contributed by atoms with Gasteiger partial charge < -0.3 is 4.74 Å². The van der Waals surface area contributed by atoms with Crippen LogP contribution < -0.4 is 0 Å². The van der Waals surface area contributed by atoms with Crippen molar-refractivity contribution in [3.8, 4) is 0 Å².